The first-order valence-corrected chi connectivity index (χ1v) is 6.63. The summed E-state index contributed by atoms with van der Waals surface area (Å²) in [7, 11) is 0. The van der Waals surface area contributed by atoms with E-state index >= 15 is 0 Å². The molecule has 0 unspecified atom stereocenters. The Kier molecular flexibility index (Phi) is 4.05. The molecule has 0 amide bonds. The van der Waals surface area contributed by atoms with E-state index in [0.717, 1.165) is 17.1 Å². The third kappa shape index (κ3) is 3.24. The fourth-order valence-corrected chi connectivity index (χ4v) is 1.88. The Labute approximate surface area is 118 Å². The molecular formula is C15H17ClN2O. The molecule has 0 bridgehead atoms. The molecule has 3 nitrogen and oxygen atoms in total. The molecule has 2 aromatic rings. The number of hydrogen-bond donors (Lipinski definition) is 0. The second-order valence-corrected chi connectivity index (χ2v) is 5.18. The maximum atomic E-state index is 6.06. The molecule has 1 aromatic heterocycles. The summed E-state index contributed by atoms with van der Waals surface area (Å²) in [4.78, 5) is 8.53. The van der Waals surface area contributed by atoms with Gasteiger partial charge in [-0.15, -0.1) is 0 Å². The molecule has 19 heavy (non-hydrogen) atoms. The normalized spacial score (nSPS) is 10.8. The zero-order chi connectivity index (χ0) is 14.0. The predicted molar refractivity (Wildman–Crippen MR) is 77.1 cm³/mol. The van der Waals surface area contributed by atoms with Crippen LogP contribution in [0.1, 0.15) is 36.7 Å². The number of hydrogen-bond acceptors (Lipinski definition) is 3. The van der Waals surface area contributed by atoms with Crippen molar-refractivity contribution in [1.82, 2.24) is 9.97 Å². The largest absolute Gasteiger partial charge is 0.436 e. The Morgan fingerprint density at radius 1 is 1.11 bits per heavy atom. The van der Waals surface area contributed by atoms with Crippen molar-refractivity contribution in [1.29, 1.82) is 0 Å². The van der Waals surface area contributed by atoms with Crippen LogP contribution in [0.5, 0.6) is 11.6 Å². The minimum absolute atomic E-state index is 0.290. The van der Waals surface area contributed by atoms with Gasteiger partial charge in [0.15, 0.2) is 5.15 Å². The standard InChI is InChI=1S/C15H17ClN2O/c1-9(2)12-6-5-7-13(8-12)19-15-14(16)17-10(3)11(4)18-15/h5-9H,1-4H3. The number of halogens is 1. The van der Waals surface area contributed by atoms with Gasteiger partial charge in [0.1, 0.15) is 5.75 Å². The summed E-state index contributed by atoms with van der Waals surface area (Å²) in [6.07, 6.45) is 0. The lowest BCUT2D eigenvalue weighted by atomic mass is 10.0. The molecule has 0 aliphatic carbocycles. The van der Waals surface area contributed by atoms with E-state index < -0.39 is 0 Å². The zero-order valence-corrected chi connectivity index (χ0v) is 12.3. The molecule has 0 saturated carbocycles. The molecule has 4 heteroatoms. The Morgan fingerprint density at radius 3 is 2.47 bits per heavy atom. The van der Waals surface area contributed by atoms with Gasteiger partial charge in [0.05, 0.1) is 11.4 Å². The van der Waals surface area contributed by atoms with Gasteiger partial charge in [-0.3, -0.25) is 0 Å². The number of benzene rings is 1. The molecule has 0 aliphatic heterocycles. The minimum atomic E-state index is 0.290. The summed E-state index contributed by atoms with van der Waals surface area (Å²) in [6.45, 7) is 8.04. The molecule has 0 N–H and O–H groups in total. The first-order chi connectivity index (χ1) is 8.97. The van der Waals surface area contributed by atoms with Crippen LogP contribution in [0, 0.1) is 13.8 Å². The van der Waals surface area contributed by atoms with Crippen molar-refractivity contribution in [2.45, 2.75) is 33.6 Å². The van der Waals surface area contributed by atoms with Crippen molar-refractivity contribution in [2.24, 2.45) is 0 Å². The smallest absolute Gasteiger partial charge is 0.257 e. The second-order valence-electron chi connectivity index (χ2n) is 4.82. The fourth-order valence-electron chi connectivity index (χ4n) is 1.67. The highest BCUT2D eigenvalue weighted by Gasteiger charge is 2.10. The summed E-state index contributed by atoms with van der Waals surface area (Å²) in [5.41, 5.74) is 2.85. The summed E-state index contributed by atoms with van der Waals surface area (Å²) in [5, 5.41) is 0.290. The average molecular weight is 277 g/mol. The van der Waals surface area contributed by atoms with Crippen LogP contribution in [0.4, 0.5) is 0 Å². The highest BCUT2D eigenvalue weighted by molar-refractivity contribution is 6.30. The number of ether oxygens (including phenoxy) is 1. The van der Waals surface area contributed by atoms with Gasteiger partial charge in [-0.2, -0.15) is 0 Å². The van der Waals surface area contributed by atoms with Gasteiger partial charge in [0.25, 0.3) is 5.88 Å². The van der Waals surface area contributed by atoms with Gasteiger partial charge in [-0.25, -0.2) is 9.97 Å². The van der Waals surface area contributed by atoms with Gasteiger partial charge in [0, 0.05) is 0 Å². The molecule has 0 atom stereocenters. The maximum absolute atomic E-state index is 6.06. The number of nitrogens with zero attached hydrogens (tertiary/aromatic N) is 2. The van der Waals surface area contributed by atoms with Crippen LogP contribution >= 0.6 is 11.6 Å². The first kappa shape index (κ1) is 13.8. The van der Waals surface area contributed by atoms with E-state index in [2.05, 4.69) is 29.9 Å². The highest BCUT2D eigenvalue weighted by Crippen LogP contribution is 2.28. The average Bonchev–Trinajstić information content (AvgIpc) is 2.36. The third-order valence-corrected chi connectivity index (χ3v) is 3.22. The molecule has 0 radical (unpaired) electrons. The maximum Gasteiger partial charge on any atom is 0.257 e. The van der Waals surface area contributed by atoms with E-state index in [-0.39, 0.29) is 5.15 Å². The first-order valence-electron chi connectivity index (χ1n) is 6.26. The SMILES string of the molecule is Cc1nc(Cl)c(Oc2cccc(C(C)C)c2)nc1C. The minimum Gasteiger partial charge on any atom is -0.436 e. The van der Waals surface area contributed by atoms with E-state index in [1.165, 1.54) is 5.56 Å². The molecule has 0 aliphatic rings. The van der Waals surface area contributed by atoms with Crippen LogP contribution in [-0.2, 0) is 0 Å². The fraction of sp³-hybridized carbons (Fsp3) is 0.333. The number of rotatable bonds is 3. The molecule has 0 spiro atoms. The van der Waals surface area contributed by atoms with Crippen LogP contribution in [0.15, 0.2) is 24.3 Å². The Bertz CT molecular complexity index is 597. The number of aryl methyl sites for hydroxylation is 2. The predicted octanol–water partition coefficient (Wildman–Crippen LogP) is 4.66. The van der Waals surface area contributed by atoms with Crippen LogP contribution < -0.4 is 4.74 Å². The molecule has 0 saturated heterocycles. The lowest BCUT2D eigenvalue weighted by Crippen LogP contribution is -1.98. The highest BCUT2D eigenvalue weighted by atomic mass is 35.5. The molecule has 0 fully saturated rings. The summed E-state index contributed by atoms with van der Waals surface area (Å²) < 4.78 is 5.73. The van der Waals surface area contributed by atoms with Crippen molar-refractivity contribution in [3.8, 4) is 11.6 Å². The van der Waals surface area contributed by atoms with Crippen molar-refractivity contribution < 1.29 is 4.74 Å². The van der Waals surface area contributed by atoms with Gasteiger partial charge in [-0.05, 0) is 37.5 Å². The summed E-state index contributed by atoms with van der Waals surface area (Å²) in [6, 6.07) is 7.93. The van der Waals surface area contributed by atoms with Crippen LogP contribution in [0.2, 0.25) is 5.15 Å². The topological polar surface area (TPSA) is 35.0 Å². The van der Waals surface area contributed by atoms with Gasteiger partial charge in [0.2, 0.25) is 0 Å². The quantitative estimate of drug-likeness (QED) is 0.818. The zero-order valence-electron chi connectivity index (χ0n) is 11.6. The molecule has 1 aromatic carbocycles. The Morgan fingerprint density at radius 2 is 1.79 bits per heavy atom. The lowest BCUT2D eigenvalue weighted by molar-refractivity contribution is 0.457. The Balaban J connectivity index is 2.31. The van der Waals surface area contributed by atoms with E-state index in [9.17, 15) is 0 Å². The molecule has 100 valence electrons. The van der Waals surface area contributed by atoms with Gasteiger partial charge in [-0.1, -0.05) is 37.6 Å². The van der Waals surface area contributed by atoms with E-state index in [0.29, 0.717) is 11.8 Å². The van der Waals surface area contributed by atoms with E-state index in [1.54, 1.807) is 0 Å². The molecule has 2 rings (SSSR count). The van der Waals surface area contributed by atoms with Gasteiger partial charge >= 0.3 is 0 Å². The summed E-state index contributed by atoms with van der Waals surface area (Å²) in [5.74, 6) is 1.53. The molecule has 1 heterocycles. The third-order valence-electron chi connectivity index (χ3n) is 2.97. The summed E-state index contributed by atoms with van der Waals surface area (Å²) >= 11 is 6.06. The Hall–Kier alpha value is -1.61. The van der Waals surface area contributed by atoms with Crippen molar-refractivity contribution in [3.63, 3.8) is 0 Å². The van der Waals surface area contributed by atoms with Gasteiger partial charge < -0.3 is 4.74 Å². The number of aromatic nitrogens is 2. The lowest BCUT2D eigenvalue weighted by Gasteiger charge is -2.10. The van der Waals surface area contributed by atoms with Crippen molar-refractivity contribution in [2.75, 3.05) is 0 Å². The van der Waals surface area contributed by atoms with Crippen LogP contribution in [0.25, 0.3) is 0 Å². The van der Waals surface area contributed by atoms with Crippen LogP contribution in [-0.4, -0.2) is 9.97 Å². The van der Waals surface area contributed by atoms with Crippen molar-refractivity contribution in [3.05, 3.63) is 46.4 Å². The monoisotopic (exact) mass is 276 g/mol. The molecular weight excluding hydrogens is 260 g/mol. The van der Waals surface area contributed by atoms with E-state index in [4.69, 9.17) is 16.3 Å². The van der Waals surface area contributed by atoms with Crippen molar-refractivity contribution >= 4 is 11.6 Å². The second kappa shape index (κ2) is 5.57. The van der Waals surface area contributed by atoms with Crippen LogP contribution in [0.3, 0.4) is 0 Å². The van der Waals surface area contributed by atoms with E-state index in [1.807, 2.05) is 32.0 Å².